The molecule has 4 fully saturated rings. The quantitative estimate of drug-likeness (QED) is 0.484. The first kappa shape index (κ1) is 15.6. The predicted molar refractivity (Wildman–Crippen MR) is 85.2 cm³/mol. The van der Waals surface area contributed by atoms with Crippen LogP contribution >= 0.6 is 0 Å². The summed E-state index contributed by atoms with van der Waals surface area (Å²) in [7, 11) is 0. The van der Waals surface area contributed by atoms with Gasteiger partial charge in [-0.25, -0.2) is 0 Å². The first-order valence-corrected chi connectivity index (χ1v) is 8.86. The van der Waals surface area contributed by atoms with E-state index in [0.29, 0.717) is 31.3 Å². The van der Waals surface area contributed by atoms with Crippen LogP contribution in [0.25, 0.3) is 0 Å². The van der Waals surface area contributed by atoms with Crippen molar-refractivity contribution >= 4 is 11.9 Å². The van der Waals surface area contributed by atoms with Gasteiger partial charge in [-0.1, -0.05) is 12.7 Å². The van der Waals surface area contributed by atoms with Gasteiger partial charge in [0.25, 0.3) is 0 Å². The van der Waals surface area contributed by atoms with Crippen LogP contribution in [0.15, 0.2) is 24.3 Å². The average Bonchev–Trinajstić information content (AvgIpc) is 2.95. The number of hydrogen-bond donors (Lipinski definition) is 3. The third kappa shape index (κ3) is 1.36. The molecule has 6 heteroatoms. The molecule has 0 amide bonds. The molecule has 3 unspecified atom stereocenters. The van der Waals surface area contributed by atoms with Crippen LogP contribution in [0.2, 0.25) is 0 Å². The standard InChI is InChI=1S/C19H22O6/c1-9-7-17-8-18(9,24)5-3-10(17)19-6-4-11(20)16(2,15(23)25-19)13(19)12(17)14(21)22/h4,6,10-13,20,24H,1,3,5,7-8H2,2H3,(H,21,22)/t10?,11?,12?,13-,16-,17+,18+,19-/m1/s1. The summed E-state index contributed by atoms with van der Waals surface area (Å²) in [6, 6.07) is 0. The SMILES string of the molecule is C=C1C[C@]23C[C@@]1(O)CCC2[C@@]12C=CC(O)[C@@](C)(C(=O)O1)[C@H]2C3C(=O)O. The van der Waals surface area contributed by atoms with Crippen LogP contribution in [-0.2, 0) is 14.3 Å². The minimum Gasteiger partial charge on any atom is -0.481 e. The molecule has 3 saturated carbocycles. The number of rotatable bonds is 1. The van der Waals surface area contributed by atoms with Crippen LogP contribution in [0.1, 0.15) is 32.6 Å². The van der Waals surface area contributed by atoms with Crippen molar-refractivity contribution in [3.05, 3.63) is 24.3 Å². The highest BCUT2D eigenvalue weighted by Crippen LogP contribution is 2.77. The second kappa shape index (κ2) is 4.01. The van der Waals surface area contributed by atoms with Crippen molar-refractivity contribution in [3.63, 3.8) is 0 Å². The summed E-state index contributed by atoms with van der Waals surface area (Å²) in [5, 5.41) is 31.6. The summed E-state index contributed by atoms with van der Waals surface area (Å²) < 4.78 is 5.87. The van der Waals surface area contributed by atoms with Gasteiger partial charge in [0.2, 0.25) is 0 Å². The Labute approximate surface area is 145 Å². The summed E-state index contributed by atoms with van der Waals surface area (Å²) in [4.78, 5) is 25.1. The highest BCUT2D eigenvalue weighted by atomic mass is 16.6. The third-order valence-corrected chi connectivity index (χ3v) is 8.12. The zero-order chi connectivity index (χ0) is 18.0. The Bertz CT molecular complexity index is 772. The fraction of sp³-hybridized carbons (Fsp3) is 0.684. The van der Waals surface area contributed by atoms with Crippen molar-refractivity contribution in [1.82, 2.24) is 0 Å². The van der Waals surface area contributed by atoms with Crippen LogP contribution in [0.4, 0.5) is 0 Å². The van der Waals surface area contributed by atoms with E-state index in [1.54, 1.807) is 19.1 Å². The third-order valence-electron chi connectivity index (χ3n) is 8.12. The second-order valence-electron chi connectivity index (χ2n) is 8.94. The minimum absolute atomic E-state index is 0.180. The van der Waals surface area contributed by atoms with Gasteiger partial charge in [-0.15, -0.1) is 0 Å². The number of ether oxygens (including phenoxy) is 1. The van der Waals surface area contributed by atoms with Gasteiger partial charge in [0, 0.05) is 11.8 Å². The second-order valence-corrected chi connectivity index (χ2v) is 8.94. The Morgan fingerprint density at radius 2 is 2.16 bits per heavy atom. The van der Waals surface area contributed by atoms with Crippen LogP contribution in [-0.4, -0.2) is 44.6 Å². The summed E-state index contributed by atoms with van der Waals surface area (Å²) in [5.74, 6) is -3.18. The number of carboxylic acid groups (broad SMARTS) is 1. The number of carboxylic acids is 1. The summed E-state index contributed by atoms with van der Waals surface area (Å²) in [6.07, 6.45) is 4.11. The highest BCUT2D eigenvalue weighted by Gasteiger charge is 2.83. The van der Waals surface area contributed by atoms with Crippen LogP contribution in [0, 0.1) is 28.6 Å². The number of hydrogen-bond acceptors (Lipinski definition) is 5. The van der Waals surface area contributed by atoms with Crippen LogP contribution < -0.4 is 0 Å². The molecule has 1 spiro atoms. The molecule has 0 aromatic rings. The zero-order valence-corrected chi connectivity index (χ0v) is 14.1. The fourth-order valence-electron chi connectivity index (χ4n) is 7.13. The molecule has 3 N–H and O–H groups in total. The van der Waals surface area contributed by atoms with Crippen molar-refractivity contribution in [2.75, 3.05) is 0 Å². The van der Waals surface area contributed by atoms with Crippen molar-refractivity contribution in [1.29, 1.82) is 0 Å². The van der Waals surface area contributed by atoms with E-state index < -0.39 is 51.9 Å². The zero-order valence-electron chi connectivity index (χ0n) is 14.1. The molecule has 1 aliphatic heterocycles. The van der Waals surface area contributed by atoms with Gasteiger partial charge < -0.3 is 20.1 Å². The molecule has 0 aromatic carbocycles. The molecule has 5 rings (SSSR count). The molecule has 8 atom stereocenters. The Morgan fingerprint density at radius 1 is 1.44 bits per heavy atom. The van der Waals surface area contributed by atoms with Crippen molar-refractivity contribution < 1.29 is 29.6 Å². The smallest absolute Gasteiger partial charge is 0.316 e. The van der Waals surface area contributed by atoms with E-state index in [2.05, 4.69) is 6.58 Å². The first-order valence-electron chi connectivity index (χ1n) is 8.86. The summed E-state index contributed by atoms with van der Waals surface area (Å²) >= 11 is 0. The fourth-order valence-corrected chi connectivity index (χ4v) is 7.13. The van der Waals surface area contributed by atoms with E-state index in [0.717, 1.165) is 0 Å². The molecule has 4 bridgehead atoms. The Morgan fingerprint density at radius 3 is 2.84 bits per heavy atom. The van der Waals surface area contributed by atoms with E-state index >= 15 is 0 Å². The van der Waals surface area contributed by atoms with Crippen molar-refractivity contribution in [3.8, 4) is 0 Å². The number of esters is 1. The molecule has 0 radical (unpaired) electrons. The van der Waals surface area contributed by atoms with Gasteiger partial charge in [-0.05, 0) is 49.7 Å². The average molecular weight is 346 g/mol. The Kier molecular flexibility index (Phi) is 2.50. The molecule has 134 valence electrons. The molecular formula is C19H22O6. The summed E-state index contributed by atoms with van der Waals surface area (Å²) in [5.41, 5.74) is -3.29. The highest BCUT2D eigenvalue weighted by molar-refractivity contribution is 5.86. The monoisotopic (exact) mass is 346 g/mol. The molecule has 5 aliphatic rings. The van der Waals surface area contributed by atoms with E-state index in [9.17, 15) is 24.9 Å². The van der Waals surface area contributed by atoms with Gasteiger partial charge in [-0.3, -0.25) is 9.59 Å². The minimum atomic E-state index is -1.27. The normalized spacial score (nSPS) is 58.0. The van der Waals surface area contributed by atoms with Gasteiger partial charge in [0.1, 0.15) is 11.0 Å². The number of fused-ring (bicyclic) bond motifs is 1. The topological polar surface area (TPSA) is 104 Å². The molecule has 4 aliphatic carbocycles. The van der Waals surface area contributed by atoms with Crippen LogP contribution in [0.3, 0.4) is 0 Å². The number of aliphatic hydroxyl groups excluding tert-OH is 1. The summed E-state index contributed by atoms with van der Waals surface area (Å²) in [6.45, 7) is 5.64. The Hall–Kier alpha value is -1.66. The molecule has 1 saturated heterocycles. The molecule has 0 aromatic heterocycles. The maximum atomic E-state index is 12.7. The predicted octanol–water partition coefficient (Wildman–Crippen LogP) is 1.03. The van der Waals surface area contributed by atoms with Gasteiger partial charge in [-0.2, -0.15) is 0 Å². The largest absolute Gasteiger partial charge is 0.481 e. The maximum Gasteiger partial charge on any atom is 0.316 e. The van der Waals surface area contributed by atoms with E-state index in [1.807, 2.05) is 0 Å². The number of aliphatic carboxylic acids is 1. The van der Waals surface area contributed by atoms with E-state index in [1.165, 1.54) is 0 Å². The van der Waals surface area contributed by atoms with Gasteiger partial charge in [0.05, 0.1) is 17.6 Å². The molecule has 6 nitrogen and oxygen atoms in total. The van der Waals surface area contributed by atoms with Crippen LogP contribution in [0.5, 0.6) is 0 Å². The number of carbonyl (C=O) groups is 2. The van der Waals surface area contributed by atoms with Gasteiger partial charge >= 0.3 is 11.9 Å². The lowest BCUT2D eigenvalue weighted by Gasteiger charge is -2.44. The number of carbonyl (C=O) groups excluding carboxylic acids is 1. The number of aliphatic hydroxyl groups is 2. The van der Waals surface area contributed by atoms with Crippen molar-refractivity contribution in [2.45, 2.75) is 49.9 Å². The maximum absolute atomic E-state index is 12.7. The lowest BCUT2D eigenvalue weighted by molar-refractivity contribution is -0.163. The van der Waals surface area contributed by atoms with Crippen molar-refractivity contribution in [2.24, 2.45) is 28.6 Å². The van der Waals surface area contributed by atoms with E-state index in [-0.39, 0.29) is 5.92 Å². The molecule has 25 heavy (non-hydrogen) atoms. The lowest BCUT2D eigenvalue weighted by atomic mass is 9.61. The molecular weight excluding hydrogens is 324 g/mol. The Balaban J connectivity index is 1.78. The van der Waals surface area contributed by atoms with E-state index in [4.69, 9.17) is 4.74 Å². The molecule has 1 heterocycles. The van der Waals surface area contributed by atoms with Gasteiger partial charge in [0.15, 0.2) is 0 Å². The first-order chi connectivity index (χ1) is 11.6. The lowest BCUT2D eigenvalue weighted by Crippen LogP contribution is -2.50.